The summed E-state index contributed by atoms with van der Waals surface area (Å²) in [6, 6.07) is 6.07. The minimum atomic E-state index is -5.08. The van der Waals surface area contributed by atoms with Crippen molar-refractivity contribution in [3.05, 3.63) is 30.1 Å². The van der Waals surface area contributed by atoms with Gasteiger partial charge in [0.25, 0.3) is 0 Å². The molecule has 0 saturated carbocycles. The highest BCUT2D eigenvalue weighted by molar-refractivity contribution is 5.77. The zero-order chi connectivity index (χ0) is 20.1. The van der Waals surface area contributed by atoms with Gasteiger partial charge in [0.15, 0.2) is 0 Å². The number of halogens is 3. The molecule has 2 saturated heterocycles. The summed E-state index contributed by atoms with van der Waals surface area (Å²) in [5.41, 5.74) is 1.19. The number of hydrogen-bond acceptors (Lipinski definition) is 4. The first kappa shape index (κ1) is 21.1. The Morgan fingerprint density at radius 1 is 1.30 bits per heavy atom. The summed E-state index contributed by atoms with van der Waals surface area (Å²) in [7, 11) is 1.99. The van der Waals surface area contributed by atoms with Crippen LogP contribution in [-0.4, -0.2) is 63.6 Å². The van der Waals surface area contributed by atoms with Gasteiger partial charge in [0.2, 0.25) is 5.91 Å². The Balaban J connectivity index is 0.000000321. The molecule has 2 aliphatic heterocycles. The lowest BCUT2D eigenvalue weighted by Gasteiger charge is -2.50. The average Bonchev–Trinajstić information content (AvgIpc) is 2.61. The van der Waals surface area contributed by atoms with E-state index in [1.165, 1.54) is 6.42 Å². The molecule has 3 heterocycles. The molecule has 2 aliphatic rings. The molecular weight excluding hydrogens is 363 g/mol. The van der Waals surface area contributed by atoms with Crippen molar-refractivity contribution < 1.29 is 27.9 Å². The van der Waals surface area contributed by atoms with E-state index in [2.05, 4.69) is 16.0 Å². The maximum Gasteiger partial charge on any atom is 0.490 e. The monoisotopic (exact) mass is 387 g/mol. The molecule has 0 aromatic carbocycles. The molecule has 0 bridgehead atoms. The minimum Gasteiger partial charge on any atom is -0.475 e. The zero-order valence-corrected chi connectivity index (χ0v) is 15.2. The van der Waals surface area contributed by atoms with Gasteiger partial charge in [0.05, 0.1) is 11.2 Å². The van der Waals surface area contributed by atoms with Gasteiger partial charge in [-0.1, -0.05) is 6.07 Å². The van der Waals surface area contributed by atoms with E-state index in [1.54, 1.807) is 0 Å². The van der Waals surface area contributed by atoms with E-state index < -0.39 is 12.1 Å². The van der Waals surface area contributed by atoms with Gasteiger partial charge >= 0.3 is 12.1 Å². The molecule has 9 heteroatoms. The molecule has 27 heavy (non-hydrogen) atoms. The van der Waals surface area contributed by atoms with Crippen LogP contribution in [0.3, 0.4) is 0 Å². The molecule has 1 N–H and O–H groups in total. The maximum atomic E-state index is 12.0. The number of piperidine rings is 2. The van der Waals surface area contributed by atoms with Crippen LogP contribution >= 0.6 is 0 Å². The van der Waals surface area contributed by atoms with E-state index in [0.29, 0.717) is 5.91 Å². The number of rotatable bonds is 2. The van der Waals surface area contributed by atoms with Crippen molar-refractivity contribution in [3.8, 4) is 0 Å². The zero-order valence-electron chi connectivity index (χ0n) is 15.2. The molecule has 0 aliphatic carbocycles. The lowest BCUT2D eigenvalue weighted by molar-refractivity contribution is -0.192. The number of amides is 1. The summed E-state index contributed by atoms with van der Waals surface area (Å²) >= 11 is 0. The molecular formula is C18H24F3N3O3. The molecule has 150 valence electrons. The molecule has 1 aromatic heterocycles. The van der Waals surface area contributed by atoms with Crippen LogP contribution in [0.15, 0.2) is 24.4 Å². The van der Waals surface area contributed by atoms with E-state index >= 15 is 0 Å². The second kappa shape index (κ2) is 8.69. The van der Waals surface area contributed by atoms with Crippen molar-refractivity contribution in [1.29, 1.82) is 0 Å². The largest absolute Gasteiger partial charge is 0.490 e. The topological polar surface area (TPSA) is 73.7 Å². The van der Waals surface area contributed by atoms with E-state index in [0.717, 1.165) is 51.0 Å². The summed E-state index contributed by atoms with van der Waals surface area (Å²) in [5.74, 6) is -2.44. The molecule has 1 spiro atoms. The van der Waals surface area contributed by atoms with Gasteiger partial charge in [-0.3, -0.25) is 14.7 Å². The summed E-state index contributed by atoms with van der Waals surface area (Å²) in [6.07, 6.45) is 2.00. The fourth-order valence-corrected chi connectivity index (χ4v) is 3.71. The Hall–Kier alpha value is -2.16. The predicted molar refractivity (Wildman–Crippen MR) is 91.8 cm³/mol. The van der Waals surface area contributed by atoms with Crippen molar-refractivity contribution in [2.45, 2.75) is 50.4 Å². The molecule has 2 fully saturated rings. The first-order valence-electron chi connectivity index (χ1n) is 8.83. The molecule has 1 atom stereocenters. The van der Waals surface area contributed by atoms with Crippen molar-refractivity contribution in [2.75, 3.05) is 20.1 Å². The van der Waals surface area contributed by atoms with Crippen molar-refractivity contribution in [1.82, 2.24) is 14.8 Å². The number of nitrogens with zero attached hydrogens (tertiary/aromatic N) is 3. The summed E-state index contributed by atoms with van der Waals surface area (Å²) in [5, 5.41) is 7.12. The minimum absolute atomic E-state index is 0.0718. The number of hydrogen-bond donors (Lipinski definition) is 1. The van der Waals surface area contributed by atoms with Crippen LogP contribution in [0.2, 0.25) is 0 Å². The number of alkyl halides is 3. The quantitative estimate of drug-likeness (QED) is 0.845. The Morgan fingerprint density at radius 2 is 1.96 bits per heavy atom. The van der Waals surface area contributed by atoms with Gasteiger partial charge in [-0.15, -0.1) is 0 Å². The van der Waals surface area contributed by atoms with Gasteiger partial charge in [-0.2, -0.15) is 13.2 Å². The first-order chi connectivity index (χ1) is 12.6. The predicted octanol–water partition coefficient (Wildman–Crippen LogP) is 2.69. The number of aliphatic carboxylic acids is 1. The van der Waals surface area contributed by atoms with Crippen molar-refractivity contribution >= 4 is 11.9 Å². The van der Waals surface area contributed by atoms with E-state index in [-0.39, 0.29) is 5.54 Å². The van der Waals surface area contributed by atoms with Crippen molar-refractivity contribution in [3.63, 3.8) is 0 Å². The summed E-state index contributed by atoms with van der Waals surface area (Å²) in [4.78, 5) is 29.8. The fraction of sp³-hybridized carbons (Fsp3) is 0.611. The SMILES string of the molecule is CN1C(=O)CCCC12CCCN(Cc1ccccn1)C2.O=C(O)C(F)(F)F. The van der Waals surface area contributed by atoms with Gasteiger partial charge < -0.3 is 10.0 Å². The van der Waals surface area contributed by atoms with E-state index in [4.69, 9.17) is 9.90 Å². The third-order valence-electron chi connectivity index (χ3n) is 5.11. The average molecular weight is 387 g/mol. The summed E-state index contributed by atoms with van der Waals surface area (Å²) in [6.45, 7) is 3.00. The number of carbonyl (C=O) groups is 2. The molecule has 1 amide bonds. The van der Waals surface area contributed by atoms with Crippen LogP contribution in [0, 0.1) is 0 Å². The lowest BCUT2D eigenvalue weighted by Crippen LogP contribution is -2.60. The maximum absolute atomic E-state index is 12.0. The third-order valence-corrected chi connectivity index (χ3v) is 5.11. The van der Waals surface area contributed by atoms with Crippen LogP contribution in [-0.2, 0) is 16.1 Å². The van der Waals surface area contributed by atoms with Crippen LogP contribution in [0.4, 0.5) is 13.2 Å². The number of carboxylic acid groups (broad SMARTS) is 1. The Bertz CT molecular complexity index is 650. The number of carboxylic acids is 1. The van der Waals surface area contributed by atoms with Gasteiger partial charge in [0.1, 0.15) is 0 Å². The highest BCUT2D eigenvalue weighted by atomic mass is 19.4. The highest BCUT2D eigenvalue weighted by Crippen LogP contribution is 2.35. The first-order valence-corrected chi connectivity index (χ1v) is 8.83. The Labute approximate surface area is 156 Å². The number of aromatic nitrogens is 1. The van der Waals surface area contributed by atoms with Crippen LogP contribution < -0.4 is 0 Å². The normalized spacial score (nSPS) is 23.7. The fourth-order valence-electron chi connectivity index (χ4n) is 3.71. The van der Waals surface area contributed by atoms with Crippen LogP contribution in [0.5, 0.6) is 0 Å². The Morgan fingerprint density at radius 3 is 2.56 bits per heavy atom. The molecule has 1 aromatic rings. The van der Waals surface area contributed by atoms with E-state index in [1.807, 2.05) is 30.3 Å². The standard InChI is InChI=1S/C16H23N3O.C2HF3O2/c1-18-15(20)7-4-8-16(18)9-5-11-19(13-16)12-14-6-2-3-10-17-14;3-2(4,5)1(6)7/h2-3,6,10H,4-5,7-9,11-13H2,1H3;(H,6,7). The molecule has 0 radical (unpaired) electrons. The van der Waals surface area contributed by atoms with Gasteiger partial charge in [0, 0.05) is 32.8 Å². The van der Waals surface area contributed by atoms with Gasteiger partial charge in [-0.25, -0.2) is 4.79 Å². The number of carbonyl (C=O) groups excluding carboxylic acids is 1. The number of likely N-dealkylation sites (N-methyl/N-ethyl adjacent to an activating group) is 1. The van der Waals surface area contributed by atoms with Crippen molar-refractivity contribution in [2.24, 2.45) is 0 Å². The molecule has 3 rings (SSSR count). The third kappa shape index (κ3) is 5.66. The number of pyridine rings is 1. The smallest absolute Gasteiger partial charge is 0.475 e. The number of likely N-dealkylation sites (tertiary alicyclic amines) is 2. The molecule has 6 nitrogen and oxygen atoms in total. The van der Waals surface area contributed by atoms with Crippen LogP contribution in [0.25, 0.3) is 0 Å². The lowest BCUT2D eigenvalue weighted by atomic mass is 9.80. The second-order valence-corrected chi connectivity index (χ2v) is 6.97. The van der Waals surface area contributed by atoms with Crippen LogP contribution in [0.1, 0.15) is 37.8 Å². The van der Waals surface area contributed by atoms with E-state index in [9.17, 15) is 18.0 Å². The second-order valence-electron chi connectivity index (χ2n) is 6.97. The summed E-state index contributed by atoms with van der Waals surface area (Å²) < 4.78 is 31.7. The Kier molecular flexibility index (Phi) is 6.80. The molecule has 1 unspecified atom stereocenters. The van der Waals surface area contributed by atoms with Gasteiger partial charge in [-0.05, 0) is 44.4 Å². The highest BCUT2D eigenvalue weighted by Gasteiger charge is 2.43.